The number of tetrazole rings is 1. The molecule has 204 valence electrons. The van der Waals surface area contributed by atoms with Crippen LogP contribution in [0, 0.1) is 4.77 Å². The van der Waals surface area contributed by atoms with E-state index in [4.69, 9.17) is 12.2 Å². The number of hydrazine groups is 1. The predicted molar refractivity (Wildman–Crippen MR) is 139 cm³/mol. The highest BCUT2D eigenvalue weighted by Gasteiger charge is 2.19. The number of H-pyrrole nitrogens is 1. The molecule has 0 aliphatic heterocycles. The molecule has 0 aliphatic carbocycles. The second kappa shape index (κ2) is 11.1. The number of alkyl halides is 2. The zero-order chi connectivity index (χ0) is 28.2. The van der Waals surface area contributed by atoms with Crippen LogP contribution in [0.4, 0.5) is 25.8 Å². The van der Waals surface area contributed by atoms with Gasteiger partial charge in [0.25, 0.3) is 20.0 Å². The summed E-state index contributed by atoms with van der Waals surface area (Å²) in [4.78, 5) is 10.6. The van der Waals surface area contributed by atoms with E-state index < -0.39 is 32.4 Å². The molecule has 13 nitrogen and oxygen atoms in total. The number of hydrogen-bond donors (Lipinski definition) is 5. The number of nitrogens with zero attached hydrogens (tertiary/aromatic N) is 3. The molecule has 0 unspecified atom stereocenters. The Morgan fingerprint density at radius 3 is 2.05 bits per heavy atom. The minimum atomic E-state index is -4.15. The van der Waals surface area contributed by atoms with Gasteiger partial charge >= 0.3 is 12.3 Å². The smallest absolute Gasteiger partial charge is 0.298 e. The third-order valence-corrected chi connectivity index (χ3v) is 7.94. The van der Waals surface area contributed by atoms with Crippen molar-refractivity contribution in [1.82, 2.24) is 25.6 Å². The maximum absolute atomic E-state index is 13.0. The summed E-state index contributed by atoms with van der Waals surface area (Å²) in [6, 6.07) is 16.2. The number of aromatic amines is 1. The van der Waals surface area contributed by atoms with E-state index in [1.807, 2.05) is 0 Å². The summed E-state index contributed by atoms with van der Waals surface area (Å²) < 4.78 is 82.4. The minimum absolute atomic E-state index is 0.0163. The van der Waals surface area contributed by atoms with E-state index in [1.165, 1.54) is 65.3 Å². The number of rotatable bonds is 10. The molecule has 0 bridgehead atoms. The molecule has 39 heavy (non-hydrogen) atoms. The van der Waals surface area contributed by atoms with Gasteiger partial charge in [0.1, 0.15) is 0 Å². The molecule has 0 fully saturated rings. The lowest BCUT2D eigenvalue weighted by Crippen LogP contribution is -2.34. The highest BCUT2D eigenvalue weighted by molar-refractivity contribution is 7.93. The number of carbonyl (C=O) groups is 1. The third kappa shape index (κ3) is 6.72. The fraction of sp³-hybridized carbons (Fsp3) is 0.0476. The normalized spacial score (nSPS) is 11.7. The van der Waals surface area contributed by atoms with Crippen LogP contribution in [0.1, 0.15) is 0 Å². The molecule has 0 saturated carbocycles. The highest BCUT2D eigenvalue weighted by atomic mass is 32.2. The van der Waals surface area contributed by atoms with Gasteiger partial charge in [0.15, 0.2) is 0 Å². The van der Waals surface area contributed by atoms with Gasteiger partial charge in [-0.05, 0) is 72.9 Å². The van der Waals surface area contributed by atoms with Crippen LogP contribution in [0.3, 0.4) is 0 Å². The maximum atomic E-state index is 13.0. The van der Waals surface area contributed by atoms with E-state index in [9.17, 15) is 30.4 Å². The van der Waals surface area contributed by atoms with Crippen LogP contribution in [0.25, 0.3) is 5.69 Å². The molecular formula is C21H18F2N8O5S3. The second-order valence-corrected chi connectivity index (χ2v) is 11.4. The van der Waals surface area contributed by atoms with Gasteiger partial charge in [0.2, 0.25) is 4.77 Å². The Morgan fingerprint density at radius 2 is 1.44 bits per heavy atom. The zero-order valence-electron chi connectivity index (χ0n) is 19.4. The molecule has 0 radical (unpaired) electrons. The Kier molecular flexibility index (Phi) is 7.88. The van der Waals surface area contributed by atoms with Crippen molar-refractivity contribution in [2.75, 3.05) is 14.9 Å². The van der Waals surface area contributed by atoms with Gasteiger partial charge in [-0.25, -0.2) is 21.5 Å². The number of anilines is 3. The van der Waals surface area contributed by atoms with Crippen molar-refractivity contribution in [3.8, 4) is 5.69 Å². The van der Waals surface area contributed by atoms with Crippen LogP contribution < -0.4 is 20.3 Å². The number of carbonyl (C=O) groups excluding carboxylic acids is 1. The van der Waals surface area contributed by atoms with Crippen molar-refractivity contribution < 1.29 is 30.4 Å². The average Bonchev–Trinajstić information content (AvgIpc) is 3.33. The van der Waals surface area contributed by atoms with Gasteiger partial charge in [-0.2, -0.15) is 14.0 Å². The topological polar surface area (TPSA) is 180 Å². The summed E-state index contributed by atoms with van der Waals surface area (Å²) in [6.45, 7) is 0. The number of aromatic nitrogens is 4. The lowest BCUT2D eigenvalue weighted by atomic mass is 10.3. The van der Waals surface area contributed by atoms with E-state index in [0.717, 1.165) is 6.07 Å². The fourth-order valence-corrected chi connectivity index (χ4v) is 5.50. The standard InChI is InChI=1S/C21H18F2N8O5S3/c22-19(23)20(32)25-24-13-7-9-14(10-8-13)27-38(33,34)17-5-1-3-15(11-17)28-39(35,36)18-6-2-4-16(12-18)31-21(37)26-29-30-31/h1-12,19,24,27-28H,(H,25,32)(H,26,30,37). The van der Waals surface area contributed by atoms with Gasteiger partial charge in [0, 0.05) is 5.69 Å². The molecule has 1 aromatic heterocycles. The Bertz CT molecular complexity index is 1780. The maximum Gasteiger partial charge on any atom is 0.317 e. The van der Waals surface area contributed by atoms with Crippen LogP contribution in [-0.2, 0) is 24.8 Å². The van der Waals surface area contributed by atoms with Gasteiger partial charge in [0.05, 0.1) is 26.9 Å². The summed E-state index contributed by atoms with van der Waals surface area (Å²) in [5.74, 6) is -1.53. The van der Waals surface area contributed by atoms with Crippen molar-refractivity contribution in [3.05, 3.63) is 77.6 Å². The molecule has 0 aliphatic rings. The summed E-state index contributed by atoms with van der Waals surface area (Å²) >= 11 is 5.03. The number of sulfonamides is 2. The van der Waals surface area contributed by atoms with Crippen LogP contribution >= 0.6 is 12.2 Å². The Hall–Kier alpha value is -4.42. The van der Waals surface area contributed by atoms with E-state index in [2.05, 4.69) is 30.4 Å². The first kappa shape index (κ1) is 27.6. The van der Waals surface area contributed by atoms with Gasteiger partial charge in [-0.15, -0.1) is 0 Å². The van der Waals surface area contributed by atoms with Crippen LogP contribution in [0.15, 0.2) is 82.6 Å². The largest absolute Gasteiger partial charge is 0.317 e. The van der Waals surface area contributed by atoms with Crippen molar-refractivity contribution >= 4 is 55.2 Å². The monoisotopic (exact) mass is 596 g/mol. The molecule has 1 amide bonds. The number of hydrogen-bond acceptors (Lipinski definition) is 9. The second-order valence-electron chi connectivity index (χ2n) is 7.65. The summed E-state index contributed by atoms with van der Waals surface area (Å²) in [7, 11) is -8.29. The molecule has 4 aromatic rings. The van der Waals surface area contributed by atoms with E-state index in [-0.39, 0.29) is 31.6 Å². The number of benzene rings is 3. The van der Waals surface area contributed by atoms with Crippen molar-refractivity contribution in [1.29, 1.82) is 0 Å². The molecular weight excluding hydrogens is 578 g/mol. The number of halogens is 2. The van der Waals surface area contributed by atoms with Crippen molar-refractivity contribution in [2.45, 2.75) is 16.2 Å². The van der Waals surface area contributed by atoms with Crippen molar-refractivity contribution in [2.24, 2.45) is 0 Å². The minimum Gasteiger partial charge on any atom is -0.298 e. The van der Waals surface area contributed by atoms with Gasteiger partial charge < -0.3 is 0 Å². The summed E-state index contributed by atoms with van der Waals surface area (Å²) in [5, 5.41) is 9.73. The molecule has 0 atom stereocenters. The first-order valence-electron chi connectivity index (χ1n) is 10.6. The number of nitrogens with one attached hydrogen (secondary N) is 5. The molecule has 0 saturated heterocycles. The summed E-state index contributed by atoms with van der Waals surface area (Å²) in [6.07, 6.45) is -3.20. The quantitative estimate of drug-likeness (QED) is 0.136. The van der Waals surface area contributed by atoms with Gasteiger partial charge in [-0.3, -0.25) is 25.1 Å². The molecule has 5 N–H and O–H groups in total. The molecule has 1 heterocycles. The number of amides is 1. The SMILES string of the molecule is O=C(NNc1ccc(NS(=O)(=O)c2cccc(NS(=O)(=O)c3cccc(-n4[nH]nnc4=S)c3)c2)cc1)C(F)F. The Labute approximate surface area is 225 Å². The lowest BCUT2D eigenvalue weighted by Gasteiger charge is -2.13. The average molecular weight is 597 g/mol. The van der Waals surface area contributed by atoms with E-state index in [0.29, 0.717) is 5.69 Å². The molecule has 4 rings (SSSR count). The fourth-order valence-electron chi connectivity index (χ4n) is 3.12. The zero-order valence-corrected chi connectivity index (χ0v) is 21.8. The molecule has 0 spiro atoms. The first-order valence-corrected chi connectivity index (χ1v) is 14.0. The van der Waals surface area contributed by atoms with Crippen LogP contribution in [-0.4, -0.2) is 49.4 Å². The van der Waals surface area contributed by atoms with E-state index >= 15 is 0 Å². The van der Waals surface area contributed by atoms with Gasteiger partial charge in [-0.1, -0.05) is 22.4 Å². The predicted octanol–water partition coefficient (Wildman–Crippen LogP) is 2.63. The van der Waals surface area contributed by atoms with E-state index in [1.54, 1.807) is 11.5 Å². The third-order valence-electron chi connectivity index (χ3n) is 4.92. The Balaban J connectivity index is 1.48. The highest BCUT2D eigenvalue weighted by Crippen LogP contribution is 2.23. The first-order chi connectivity index (χ1) is 18.4. The van der Waals surface area contributed by atoms with Crippen molar-refractivity contribution in [3.63, 3.8) is 0 Å². The lowest BCUT2D eigenvalue weighted by molar-refractivity contribution is -0.131. The summed E-state index contributed by atoms with van der Waals surface area (Å²) in [5.41, 5.74) is 4.75. The van der Waals surface area contributed by atoms with Crippen LogP contribution in [0.5, 0.6) is 0 Å². The van der Waals surface area contributed by atoms with Crippen LogP contribution in [0.2, 0.25) is 0 Å². The molecule has 3 aromatic carbocycles. The molecule has 18 heteroatoms. The Morgan fingerprint density at radius 1 is 0.846 bits per heavy atom.